The van der Waals surface area contributed by atoms with Crippen LogP contribution in [0.1, 0.15) is 62.8 Å². The van der Waals surface area contributed by atoms with Crippen molar-refractivity contribution in [3.05, 3.63) is 22.8 Å². The van der Waals surface area contributed by atoms with Crippen LogP contribution in [0.4, 0.5) is 0 Å². The molecule has 0 bridgehead atoms. The predicted octanol–water partition coefficient (Wildman–Crippen LogP) is 3.32. The first-order chi connectivity index (χ1) is 9.46. The lowest BCUT2D eigenvalue weighted by Gasteiger charge is -2.17. The molecule has 0 saturated heterocycles. The molecule has 1 saturated carbocycles. The van der Waals surface area contributed by atoms with Crippen LogP contribution in [0.5, 0.6) is 0 Å². The molecule has 112 valence electrons. The highest BCUT2D eigenvalue weighted by Crippen LogP contribution is 2.46. The van der Waals surface area contributed by atoms with E-state index in [1.165, 1.54) is 36.2 Å². The molecule has 1 atom stereocenters. The van der Waals surface area contributed by atoms with Gasteiger partial charge in [-0.1, -0.05) is 20.8 Å². The Bertz CT molecular complexity index is 440. The summed E-state index contributed by atoms with van der Waals surface area (Å²) in [6, 6.07) is 0. The van der Waals surface area contributed by atoms with Crippen LogP contribution in [0.25, 0.3) is 0 Å². The fraction of sp³-hybridized carbons (Fsp3) is 0.765. The third-order valence-electron chi connectivity index (χ3n) is 4.43. The van der Waals surface area contributed by atoms with E-state index in [0.29, 0.717) is 5.92 Å². The normalized spacial score (nSPS) is 18.1. The molecule has 0 spiro atoms. The van der Waals surface area contributed by atoms with E-state index >= 15 is 0 Å². The molecule has 1 aromatic rings. The molecule has 3 heteroatoms. The largest absolute Gasteiger partial charge is 0.316 e. The zero-order valence-electron chi connectivity index (χ0n) is 13.7. The minimum absolute atomic E-state index is 0.266. The van der Waals surface area contributed by atoms with Crippen LogP contribution in [0.2, 0.25) is 0 Å². The SMILES string of the molecule is CCCNCC(C)Cc1c(C)nc(C2(C)CC2)nc1C. The van der Waals surface area contributed by atoms with Crippen molar-refractivity contribution in [2.75, 3.05) is 13.1 Å². The Morgan fingerprint density at radius 1 is 1.20 bits per heavy atom. The number of nitrogens with one attached hydrogen (secondary N) is 1. The van der Waals surface area contributed by atoms with Gasteiger partial charge in [-0.3, -0.25) is 0 Å². The number of hydrogen-bond donors (Lipinski definition) is 1. The van der Waals surface area contributed by atoms with Crippen molar-refractivity contribution in [1.29, 1.82) is 0 Å². The molecule has 0 aliphatic heterocycles. The summed E-state index contributed by atoms with van der Waals surface area (Å²) in [5.74, 6) is 1.69. The van der Waals surface area contributed by atoms with Crippen LogP contribution >= 0.6 is 0 Å². The monoisotopic (exact) mass is 275 g/mol. The van der Waals surface area contributed by atoms with Crippen LogP contribution in [0, 0.1) is 19.8 Å². The maximum atomic E-state index is 4.79. The zero-order valence-corrected chi connectivity index (χ0v) is 13.7. The lowest BCUT2D eigenvalue weighted by Crippen LogP contribution is -2.24. The Balaban J connectivity index is 2.04. The van der Waals surface area contributed by atoms with Gasteiger partial charge in [-0.15, -0.1) is 0 Å². The van der Waals surface area contributed by atoms with Crippen LogP contribution in [-0.2, 0) is 11.8 Å². The van der Waals surface area contributed by atoms with Gasteiger partial charge in [0.2, 0.25) is 0 Å². The number of aryl methyl sites for hydroxylation is 2. The second-order valence-electron chi connectivity index (χ2n) is 6.77. The quantitative estimate of drug-likeness (QED) is 0.776. The highest BCUT2D eigenvalue weighted by atomic mass is 14.9. The van der Waals surface area contributed by atoms with Crippen molar-refractivity contribution in [3.8, 4) is 0 Å². The van der Waals surface area contributed by atoms with E-state index in [1.807, 2.05) is 0 Å². The Kier molecular flexibility index (Phi) is 4.79. The molecule has 0 amide bonds. The molecule has 1 aromatic heterocycles. The van der Waals surface area contributed by atoms with E-state index in [1.54, 1.807) is 0 Å². The molecular formula is C17H29N3. The highest BCUT2D eigenvalue weighted by molar-refractivity contribution is 5.28. The van der Waals surface area contributed by atoms with Crippen molar-refractivity contribution in [1.82, 2.24) is 15.3 Å². The first-order valence-corrected chi connectivity index (χ1v) is 8.01. The third kappa shape index (κ3) is 3.57. The summed E-state index contributed by atoms with van der Waals surface area (Å²) >= 11 is 0. The average molecular weight is 275 g/mol. The summed E-state index contributed by atoms with van der Waals surface area (Å²) < 4.78 is 0. The van der Waals surface area contributed by atoms with E-state index in [-0.39, 0.29) is 5.41 Å². The first-order valence-electron chi connectivity index (χ1n) is 8.01. The van der Waals surface area contributed by atoms with Gasteiger partial charge >= 0.3 is 0 Å². The summed E-state index contributed by atoms with van der Waals surface area (Å²) in [5, 5.41) is 3.50. The lowest BCUT2D eigenvalue weighted by atomic mass is 9.98. The Hall–Kier alpha value is -0.960. The molecule has 1 N–H and O–H groups in total. The summed E-state index contributed by atoms with van der Waals surface area (Å²) in [5.41, 5.74) is 3.98. The fourth-order valence-corrected chi connectivity index (χ4v) is 2.66. The smallest absolute Gasteiger partial charge is 0.134 e. The van der Waals surface area contributed by atoms with Crippen LogP contribution in [0.15, 0.2) is 0 Å². The van der Waals surface area contributed by atoms with E-state index in [2.05, 4.69) is 39.9 Å². The van der Waals surface area contributed by atoms with Gasteiger partial charge in [-0.2, -0.15) is 0 Å². The maximum absolute atomic E-state index is 4.79. The van der Waals surface area contributed by atoms with Gasteiger partial charge in [0.15, 0.2) is 0 Å². The molecule has 1 aliphatic rings. The standard InChI is InChI=1S/C17H29N3/c1-6-9-18-11-12(2)10-15-13(3)19-16(20-14(15)4)17(5)7-8-17/h12,18H,6-11H2,1-5H3. The minimum Gasteiger partial charge on any atom is -0.316 e. The summed E-state index contributed by atoms with van der Waals surface area (Å²) in [6.45, 7) is 13.3. The minimum atomic E-state index is 0.266. The van der Waals surface area contributed by atoms with E-state index in [4.69, 9.17) is 9.97 Å². The van der Waals surface area contributed by atoms with Gasteiger partial charge in [0.1, 0.15) is 5.82 Å². The second kappa shape index (κ2) is 6.21. The van der Waals surface area contributed by atoms with Crippen molar-refractivity contribution < 1.29 is 0 Å². The Labute approximate surface area is 123 Å². The average Bonchev–Trinajstić information content (AvgIpc) is 3.13. The molecule has 20 heavy (non-hydrogen) atoms. The molecule has 1 aliphatic carbocycles. The van der Waals surface area contributed by atoms with Crippen molar-refractivity contribution in [2.24, 2.45) is 5.92 Å². The first kappa shape index (κ1) is 15.4. The number of rotatable bonds is 7. The van der Waals surface area contributed by atoms with E-state index < -0.39 is 0 Å². The molecule has 2 rings (SSSR count). The van der Waals surface area contributed by atoms with E-state index in [9.17, 15) is 0 Å². The lowest BCUT2D eigenvalue weighted by molar-refractivity contribution is 0.506. The summed E-state index contributed by atoms with van der Waals surface area (Å²) in [7, 11) is 0. The van der Waals surface area contributed by atoms with Crippen LogP contribution < -0.4 is 5.32 Å². The molecular weight excluding hydrogens is 246 g/mol. The number of nitrogens with zero attached hydrogens (tertiary/aromatic N) is 2. The van der Waals surface area contributed by atoms with Crippen LogP contribution in [0.3, 0.4) is 0 Å². The number of aromatic nitrogens is 2. The second-order valence-corrected chi connectivity index (χ2v) is 6.77. The zero-order chi connectivity index (χ0) is 14.8. The summed E-state index contributed by atoms with van der Waals surface area (Å²) in [6.07, 6.45) is 4.75. The Morgan fingerprint density at radius 2 is 1.80 bits per heavy atom. The van der Waals surface area contributed by atoms with Gasteiger partial charge in [-0.05, 0) is 64.1 Å². The van der Waals surface area contributed by atoms with Gasteiger partial charge in [0.05, 0.1) is 0 Å². The van der Waals surface area contributed by atoms with Crippen LogP contribution in [-0.4, -0.2) is 23.1 Å². The molecule has 3 nitrogen and oxygen atoms in total. The van der Waals surface area contributed by atoms with Crippen molar-refractivity contribution >= 4 is 0 Å². The van der Waals surface area contributed by atoms with Gasteiger partial charge < -0.3 is 5.32 Å². The number of hydrogen-bond acceptors (Lipinski definition) is 3. The van der Waals surface area contributed by atoms with Gasteiger partial charge in [0.25, 0.3) is 0 Å². The predicted molar refractivity (Wildman–Crippen MR) is 84.1 cm³/mol. The van der Waals surface area contributed by atoms with Gasteiger partial charge in [0, 0.05) is 16.8 Å². The third-order valence-corrected chi connectivity index (χ3v) is 4.43. The molecule has 0 radical (unpaired) electrons. The van der Waals surface area contributed by atoms with E-state index in [0.717, 1.165) is 25.3 Å². The molecule has 1 unspecified atom stereocenters. The topological polar surface area (TPSA) is 37.8 Å². The Morgan fingerprint density at radius 3 is 2.30 bits per heavy atom. The highest BCUT2D eigenvalue weighted by Gasteiger charge is 2.42. The van der Waals surface area contributed by atoms with Gasteiger partial charge in [-0.25, -0.2) is 9.97 Å². The van der Waals surface area contributed by atoms with Crippen molar-refractivity contribution in [2.45, 2.75) is 65.7 Å². The maximum Gasteiger partial charge on any atom is 0.134 e. The fourth-order valence-electron chi connectivity index (χ4n) is 2.66. The molecule has 1 fully saturated rings. The molecule has 1 heterocycles. The summed E-state index contributed by atoms with van der Waals surface area (Å²) in [4.78, 5) is 9.57. The van der Waals surface area contributed by atoms with Crippen molar-refractivity contribution in [3.63, 3.8) is 0 Å². The molecule has 0 aromatic carbocycles.